The van der Waals surface area contributed by atoms with E-state index in [2.05, 4.69) is 128 Å². The molecule has 0 heterocycles. The van der Waals surface area contributed by atoms with Gasteiger partial charge in [0, 0.05) is 5.92 Å². The minimum absolute atomic E-state index is 0.517. The molecule has 0 fully saturated rings. The van der Waals surface area contributed by atoms with Crippen LogP contribution in [0.3, 0.4) is 0 Å². The van der Waals surface area contributed by atoms with Gasteiger partial charge in [0.25, 0.3) is 0 Å². The average Bonchev–Trinajstić information content (AvgIpc) is 3.33. The fraction of sp³-hybridized carbons (Fsp3) is 0.300. The van der Waals surface area contributed by atoms with Gasteiger partial charge in [0.1, 0.15) is 0 Å². The number of hydrogen-bond acceptors (Lipinski definition) is 0. The molecule has 1 unspecified atom stereocenters. The lowest BCUT2D eigenvalue weighted by Crippen LogP contribution is -2.19. The molecule has 0 saturated heterocycles. The molecule has 0 heteroatoms. The summed E-state index contributed by atoms with van der Waals surface area (Å²) < 4.78 is 0. The molecular formula is C60H56. The van der Waals surface area contributed by atoms with Crippen molar-refractivity contribution in [1.82, 2.24) is 0 Å². The maximum atomic E-state index is 2.63. The highest BCUT2D eigenvalue weighted by Gasteiger charge is 2.32. The maximum Gasteiger partial charge on any atom is 0.0129 e. The number of allylic oxidation sites excluding steroid dienone is 25. The van der Waals surface area contributed by atoms with Gasteiger partial charge in [0.05, 0.1) is 0 Å². The lowest BCUT2D eigenvalue weighted by atomic mass is 9.69. The number of aryl methyl sites for hydroxylation is 2. The molecule has 3 aromatic rings. The van der Waals surface area contributed by atoms with E-state index >= 15 is 0 Å². The smallest absolute Gasteiger partial charge is 0.0129 e. The predicted octanol–water partition coefficient (Wildman–Crippen LogP) is 16.1. The molecule has 1 atom stereocenters. The van der Waals surface area contributed by atoms with Crippen LogP contribution in [0.4, 0.5) is 0 Å². The molecule has 60 heavy (non-hydrogen) atoms. The summed E-state index contributed by atoms with van der Waals surface area (Å²) in [5, 5.41) is 2.80. The molecule has 9 aliphatic rings. The fourth-order valence-corrected chi connectivity index (χ4v) is 12.4. The van der Waals surface area contributed by atoms with Gasteiger partial charge < -0.3 is 0 Å². The fourth-order valence-electron chi connectivity index (χ4n) is 12.4. The summed E-state index contributed by atoms with van der Waals surface area (Å²) in [6.45, 7) is 0. The SMILES string of the molecule is C1=CC2=C(CC1)C1=C(C=CCC1)C(C1=CCCC(C3=CC4=C(CC3)c3ccc(C5=CC=C(C6=CC(c7cc8ccccc8c8c7C=CCC8)=CCC6)CC5)cc3CC4)=C1)C2. The van der Waals surface area contributed by atoms with Crippen molar-refractivity contribution in [1.29, 1.82) is 0 Å². The van der Waals surface area contributed by atoms with Crippen molar-refractivity contribution >= 4 is 33.6 Å². The zero-order chi connectivity index (χ0) is 39.6. The lowest BCUT2D eigenvalue weighted by molar-refractivity contribution is 0.666. The Labute approximate surface area is 357 Å². The Morgan fingerprint density at radius 3 is 2.20 bits per heavy atom. The molecular weight excluding hydrogens is 721 g/mol. The highest BCUT2D eigenvalue weighted by atomic mass is 14.4. The zero-order valence-corrected chi connectivity index (χ0v) is 35.2. The second-order valence-electron chi connectivity index (χ2n) is 18.8. The molecule has 12 rings (SSSR count). The molecule has 0 bridgehead atoms. The van der Waals surface area contributed by atoms with Gasteiger partial charge in [0.2, 0.25) is 0 Å². The van der Waals surface area contributed by atoms with Crippen LogP contribution in [0.2, 0.25) is 0 Å². The summed E-state index contributed by atoms with van der Waals surface area (Å²) in [4.78, 5) is 0. The third-order valence-corrected chi connectivity index (χ3v) is 15.5. The van der Waals surface area contributed by atoms with Crippen LogP contribution in [0.5, 0.6) is 0 Å². The van der Waals surface area contributed by atoms with Crippen LogP contribution in [-0.4, -0.2) is 0 Å². The van der Waals surface area contributed by atoms with Crippen molar-refractivity contribution in [2.24, 2.45) is 5.92 Å². The van der Waals surface area contributed by atoms with Crippen molar-refractivity contribution in [2.45, 2.75) is 109 Å². The molecule has 0 radical (unpaired) electrons. The summed E-state index contributed by atoms with van der Waals surface area (Å²) in [6, 6.07) is 18.9. The quantitative estimate of drug-likeness (QED) is 0.242. The van der Waals surface area contributed by atoms with E-state index in [0.717, 1.165) is 44.9 Å². The van der Waals surface area contributed by atoms with E-state index in [1.807, 2.05) is 0 Å². The van der Waals surface area contributed by atoms with Crippen LogP contribution in [0, 0.1) is 5.92 Å². The first-order chi connectivity index (χ1) is 29.7. The molecule has 0 aliphatic heterocycles. The van der Waals surface area contributed by atoms with E-state index in [-0.39, 0.29) is 0 Å². The second kappa shape index (κ2) is 15.2. The summed E-state index contributed by atoms with van der Waals surface area (Å²) >= 11 is 0. The molecule has 0 nitrogen and oxygen atoms in total. The van der Waals surface area contributed by atoms with E-state index in [9.17, 15) is 0 Å². The third kappa shape index (κ3) is 6.41. The predicted molar refractivity (Wildman–Crippen MR) is 255 cm³/mol. The van der Waals surface area contributed by atoms with Crippen LogP contribution in [0.1, 0.15) is 130 Å². The van der Waals surface area contributed by atoms with E-state index in [1.165, 1.54) is 125 Å². The number of benzene rings is 3. The largest absolute Gasteiger partial charge is 0.0839 e. The third-order valence-electron chi connectivity index (χ3n) is 15.5. The molecule has 0 saturated carbocycles. The number of hydrogen-bond donors (Lipinski definition) is 0. The Kier molecular flexibility index (Phi) is 9.23. The monoisotopic (exact) mass is 776 g/mol. The molecule has 9 aliphatic carbocycles. The standard InChI is InChI=1S/C60H56/c1-3-17-51-47(11-1)37-59(57-21-7-5-19-55(51)57)45-15-9-13-41(33-45)39-23-25-40(26-24-39)43-29-31-53-49(35-43)27-28-50-36-44(30-32-54(50)53)42-14-10-16-46(34-42)60-38-48-12-2-4-18-52(48)56-20-6-8-22-58(56)60/h1-3,7-8,11-12,15-17,21-23,25,29,31,33-37,60H,4-6,9-10,13-14,18-20,24,26-28,30,32,38H2. The van der Waals surface area contributed by atoms with Crippen molar-refractivity contribution in [2.75, 3.05) is 0 Å². The first-order valence-electron chi connectivity index (χ1n) is 23.5. The lowest BCUT2D eigenvalue weighted by Gasteiger charge is -2.35. The van der Waals surface area contributed by atoms with Gasteiger partial charge in [-0.3, -0.25) is 0 Å². The van der Waals surface area contributed by atoms with Crippen molar-refractivity contribution in [3.05, 3.63) is 211 Å². The van der Waals surface area contributed by atoms with E-state index in [4.69, 9.17) is 0 Å². The highest BCUT2D eigenvalue weighted by molar-refractivity contribution is 5.96. The van der Waals surface area contributed by atoms with Crippen molar-refractivity contribution < 1.29 is 0 Å². The molecule has 3 aromatic carbocycles. The van der Waals surface area contributed by atoms with Crippen LogP contribution in [0.25, 0.3) is 33.6 Å². The summed E-state index contributed by atoms with van der Waals surface area (Å²) in [7, 11) is 0. The van der Waals surface area contributed by atoms with Gasteiger partial charge in [-0.2, -0.15) is 0 Å². The summed E-state index contributed by atoms with van der Waals surface area (Å²) in [5.74, 6) is 0.517. The van der Waals surface area contributed by atoms with Gasteiger partial charge in [-0.15, -0.1) is 0 Å². The molecule has 0 N–H and O–H groups in total. The maximum absolute atomic E-state index is 2.63. The Morgan fingerprint density at radius 1 is 0.483 bits per heavy atom. The van der Waals surface area contributed by atoms with Crippen LogP contribution >= 0.6 is 0 Å². The van der Waals surface area contributed by atoms with E-state index in [1.54, 1.807) is 55.7 Å². The molecule has 0 spiro atoms. The van der Waals surface area contributed by atoms with Gasteiger partial charge in [-0.25, -0.2) is 0 Å². The van der Waals surface area contributed by atoms with Gasteiger partial charge in [-0.1, -0.05) is 121 Å². The zero-order valence-electron chi connectivity index (χ0n) is 35.2. The van der Waals surface area contributed by atoms with Gasteiger partial charge in [-0.05, 0) is 232 Å². The van der Waals surface area contributed by atoms with Gasteiger partial charge in [0.15, 0.2) is 0 Å². The van der Waals surface area contributed by atoms with Crippen molar-refractivity contribution in [3.8, 4) is 0 Å². The Morgan fingerprint density at radius 2 is 1.27 bits per heavy atom. The summed E-state index contributed by atoms with van der Waals surface area (Å²) in [5.41, 5.74) is 29.5. The minimum Gasteiger partial charge on any atom is -0.0839 e. The molecule has 0 aromatic heterocycles. The number of rotatable bonds is 5. The van der Waals surface area contributed by atoms with Crippen LogP contribution in [0.15, 0.2) is 177 Å². The average molecular weight is 777 g/mol. The minimum atomic E-state index is 0.517. The topological polar surface area (TPSA) is 0 Å². The second-order valence-corrected chi connectivity index (χ2v) is 18.8. The first kappa shape index (κ1) is 36.4. The van der Waals surface area contributed by atoms with Gasteiger partial charge >= 0.3 is 0 Å². The van der Waals surface area contributed by atoms with Crippen LogP contribution < -0.4 is 0 Å². The molecule has 0 amide bonds. The van der Waals surface area contributed by atoms with E-state index in [0.29, 0.717) is 5.92 Å². The summed E-state index contributed by atoms with van der Waals surface area (Å²) in [6.07, 6.45) is 52.1. The van der Waals surface area contributed by atoms with Crippen LogP contribution in [-0.2, 0) is 12.8 Å². The Balaban J connectivity index is 0.776. The Bertz CT molecular complexity index is 2810. The number of fused-ring (bicyclic) bond motifs is 6. The first-order valence-corrected chi connectivity index (χ1v) is 23.5. The molecule has 296 valence electrons. The van der Waals surface area contributed by atoms with E-state index < -0.39 is 0 Å². The van der Waals surface area contributed by atoms with Crippen molar-refractivity contribution in [3.63, 3.8) is 0 Å². The normalized spacial score (nSPS) is 23.3. The highest BCUT2D eigenvalue weighted by Crippen LogP contribution is 2.49. The Hall–Kier alpha value is -5.46.